The minimum absolute atomic E-state index is 0.274. The van der Waals surface area contributed by atoms with Crippen molar-refractivity contribution in [2.75, 3.05) is 0 Å². The molecule has 19 heavy (non-hydrogen) atoms. The van der Waals surface area contributed by atoms with Crippen LogP contribution in [0.4, 0.5) is 0 Å². The van der Waals surface area contributed by atoms with Crippen LogP contribution < -0.4 is 0 Å². The molecule has 0 heterocycles. The Labute approximate surface area is 119 Å². The highest BCUT2D eigenvalue weighted by Gasteiger charge is 2.21. The van der Waals surface area contributed by atoms with Crippen molar-refractivity contribution in [1.82, 2.24) is 0 Å². The molecule has 2 heteroatoms. The fourth-order valence-corrected chi connectivity index (χ4v) is 2.54. The Hall–Kier alpha value is -1.60. The van der Waals surface area contributed by atoms with Gasteiger partial charge in [0.1, 0.15) is 0 Å². The Morgan fingerprint density at radius 1 is 1.00 bits per heavy atom. The third-order valence-corrected chi connectivity index (χ3v) is 3.79. The van der Waals surface area contributed by atoms with Crippen LogP contribution >= 0.6 is 11.6 Å². The molecule has 0 amide bonds. The molecule has 0 spiro atoms. The van der Waals surface area contributed by atoms with Gasteiger partial charge in [0, 0.05) is 0 Å². The molecule has 0 saturated carbocycles. The number of carbonyl (C=O) groups is 1. The number of hydrogen-bond donors (Lipinski definition) is 0. The summed E-state index contributed by atoms with van der Waals surface area (Å²) >= 11 is 5.81. The highest BCUT2D eigenvalue weighted by molar-refractivity contribution is 6.64. The average Bonchev–Trinajstić information content (AvgIpc) is 2.38. The number of halogens is 1. The SMILES string of the molecule is Cc1ccccc1CC(C(=O)Cl)c1ccccc1C. The average molecular weight is 273 g/mol. The monoisotopic (exact) mass is 272 g/mol. The van der Waals surface area contributed by atoms with E-state index in [4.69, 9.17) is 11.6 Å². The molecule has 2 rings (SSSR count). The molecule has 2 aromatic carbocycles. The van der Waals surface area contributed by atoms with Gasteiger partial charge in [0.15, 0.2) is 0 Å². The van der Waals surface area contributed by atoms with Crippen molar-refractivity contribution in [1.29, 1.82) is 0 Å². The van der Waals surface area contributed by atoms with Crippen molar-refractivity contribution in [2.45, 2.75) is 26.2 Å². The molecule has 0 saturated heterocycles. The molecular weight excluding hydrogens is 256 g/mol. The van der Waals surface area contributed by atoms with E-state index in [2.05, 4.69) is 19.1 Å². The van der Waals surface area contributed by atoms with E-state index in [1.165, 1.54) is 11.1 Å². The van der Waals surface area contributed by atoms with Gasteiger partial charge in [0.25, 0.3) is 0 Å². The van der Waals surface area contributed by atoms with Crippen LogP contribution in [0.3, 0.4) is 0 Å². The minimum atomic E-state index is -0.294. The molecule has 0 aliphatic heterocycles. The number of rotatable bonds is 4. The van der Waals surface area contributed by atoms with Gasteiger partial charge in [0.05, 0.1) is 5.92 Å². The van der Waals surface area contributed by atoms with E-state index in [1.54, 1.807) is 0 Å². The second-order valence-corrected chi connectivity index (χ2v) is 5.22. The van der Waals surface area contributed by atoms with Gasteiger partial charge in [-0.05, 0) is 54.1 Å². The van der Waals surface area contributed by atoms with Gasteiger partial charge in [-0.25, -0.2) is 0 Å². The highest BCUT2D eigenvalue weighted by Crippen LogP contribution is 2.27. The number of hydrogen-bond acceptors (Lipinski definition) is 1. The quantitative estimate of drug-likeness (QED) is 0.754. The lowest BCUT2D eigenvalue weighted by molar-refractivity contribution is -0.113. The predicted octanol–water partition coefficient (Wildman–Crippen LogP) is 4.40. The summed E-state index contributed by atoms with van der Waals surface area (Å²) in [5.41, 5.74) is 4.49. The molecule has 0 radical (unpaired) electrons. The van der Waals surface area contributed by atoms with E-state index in [0.717, 1.165) is 11.1 Å². The summed E-state index contributed by atoms with van der Waals surface area (Å²) < 4.78 is 0. The molecule has 0 bridgehead atoms. The van der Waals surface area contributed by atoms with Crippen molar-refractivity contribution in [3.8, 4) is 0 Å². The Balaban J connectivity index is 2.35. The summed E-state index contributed by atoms with van der Waals surface area (Å²) in [6.07, 6.45) is 0.653. The summed E-state index contributed by atoms with van der Waals surface area (Å²) in [6.45, 7) is 4.07. The fraction of sp³-hybridized carbons (Fsp3) is 0.235. The molecule has 1 unspecified atom stereocenters. The molecule has 1 nitrogen and oxygen atoms in total. The third kappa shape index (κ3) is 3.24. The van der Waals surface area contributed by atoms with Crippen LogP contribution in [0.25, 0.3) is 0 Å². The van der Waals surface area contributed by atoms with Crippen LogP contribution in [0.15, 0.2) is 48.5 Å². The van der Waals surface area contributed by atoms with Crippen LogP contribution in [0.1, 0.15) is 28.2 Å². The maximum Gasteiger partial charge on any atom is 0.229 e. The topological polar surface area (TPSA) is 17.1 Å². The Kier molecular flexibility index (Phi) is 4.39. The summed E-state index contributed by atoms with van der Waals surface area (Å²) in [5, 5.41) is -0.294. The summed E-state index contributed by atoms with van der Waals surface area (Å²) in [5.74, 6) is -0.274. The zero-order chi connectivity index (χ0) is 13.8. The molecule has 0 aliphatic carbocycles. The predicted molar refractivity (Wildman–Crippen MR) is 79.7 cm³/mol. The first kappa shape index (κ1) is 13.8. The standard InChI is InChI=1S/C17H17ClO/c1-12-7-3-5-9-14(12)11-16(17(18)19)15-10-6-4-8-13(15)2/h3-10,16H,11H2,1-2H3. The zero-order valence-electron chi connectivity index (χ0n) is 11.2. The Bertz CT molecular complexity index is 589. The van der Waals surface area contributed by atoms with Crippen molar-refractivity contribution in [3.63, 3.8) is 0 Å². The van der Waals surface area contributed by atoms with E-state index in [0.29, 0.717) is 6.42 Å². The minimum Gasteiger partial charge on any atom is -0.281 e. The van der Waals surface area contributed by atoms with E-state index >= 15 is 0 Å². The van der Waals surface area contributed by atoms with Gasteiger partial charge in [-0.2, -0.15) is 0 Å². The van der Waals surface area contributed by atoms with Crippen LogP contribution in [0.5, 0.6) is 0 Å². The molecule has 1 atom stereocenters. The van der Waals surface area contributed by atoms with Crippen molar-refractivity contribution < 1.29 is 4.79 Å². The van der Waals surface area contributed by atoms with Gasteiger partial charge in [-0.15, -0.1) is 0 Å². The first-order chi connectivity index (χ1) is 9.09. The molecule has 0 fully saturated rings. The summed E-state index contributed by atoms with van der Waals surface area (Å²) in [4.78, 5) is 11.8. The van der Waals surface area contributed by atoms with Crippen LogP contribution in [0.2, 0.25) is 0 Å². The van der Waals surface area contributed by atoms with E-state index in [-0.39, 0.29) is 11.2 Å². The smallest absolute Gasteiger partial charge is 0.229 e. The maximum absolute atomic E-state index is 11.8. The number of aryl methyl sites for hydroxylation is 2. The molecular formula is C17H17ClO. The number of carbonyl (C=O) groups excluding carboxylic acids is 1. The highest BCUT2D eigenvalue weighted by atomic mass is 35.5. The molecule has 2 aromatic rings. The van der Waals surface area contributed by atoms with Crippen molar-refractivity contribution in [2.24, 2.45) is 0 Å². The first-order valence-corrected chi connectivity index (χ1v) is 6.76. The third-order valence-electron chi connectivity index (χ3n) is 3.52. The largest absolute Gasteiger partial charge is 0.281 e. The lowest BCUT2D eigenvalue weighted by Crippen LogP contribution is -2.12. The second-order valence-electron chi connectivity index (χ2n) is 4.84. The van der Waals surface area contributed by atoms with Crippen LogP contribution in [-0.2, 0) is 11.2 Å². The zero-order valence-corrected chi connectivity index (χ0v) is 11.9. The summed E-state index contributed by atoms with van der Waals surface area (Å²) in [7, 11) is 0. The normalized spacial score (nSPS) is 12.2. The van der Waals surface area contributed by atoms with Gasteiger partial charge >= 0.3 is 0 Å². The molecule has 0 aromatic heterocycles. The van der Waals surface area contributed by atoms with Gasteiger partial charge in [-0.3, -0.25) is 4.79 Å². The molecule has 98 valence electrons. The number of benzene rings is 2. The van der Waals surface area contributed by atoms with E-state index < -0.39 is 0 Å². The summed E-state index contributed by atoms with van der Waals surface area (Å²) in [6, 6.07) is 16.0. The van der Waals surface area contributed by atoms with Crippen molar-refractivity contribution in [3.05, 3.63) is 70.8 Å². The van der Waals surface area contributed by atoms with Gasteiger partial charge in [-0.1, -0.05) is 48.5 Å². The van der Waals surface area contributed by atoms with E-state index in [1.807, 2.05) is 43.3 Å². The van der Waals surface area contributed by atoms with E-state index in [9.17, 15) is 4.79 Å². The Morgan fingerprint density at radius 2 is 1.58 bits per heavy atom. The fourth-order valence-electron chi connectivity index (χ4n) is 2.35. The first-order valence-electron chi connectivity index (χ1n) is 6.39. The van der Waals surface area contributed by atoms with Gasteiger partial charge in [0.2, 0.25) is 5.24 Å². The molecule has 0 aliphatic rings. The van der Waals surface area contributed by atoms with Crippen LogP contribution in [-0.4, -0.2) is 5.24 Å². The Morgan fingerprint density at radius 3 is 2.16 bits per heavy atom. The van der Waals surface area contributed by atoms with Crippen molar-refractivity contribution >= 4 is 16.8 Å². The lowest BCUT2D eigenvalue weighted by atomic mass is 9.89. The van der Waals surface area contributed by atoms with Gasteiger partial charge < -0.3 is 0 Å². The molecule has 0 N–H and O–H groups in total. The maximum atomic E-state index is 11.8. The van der Waals surface area contributed by atoms with Crippen LogP contribution in [0, 0.1) is 13.8 Å². The lowest BCUT2D eigenvalue weighted by Gasteiger charge is -2.16. The second kappa shape index (κ2) is 6.03.